The van der Waals surface area contributed by atoms with Crippen molar-refractivity contribution in [1.82, 2.24) is 5.32 Å². The van der Waals surface area contributed by atoms with Gasteiger partial charge in [0, 0.05) is 4.47 Å². The second-order valence-corrected chi connectivity index (χ2v) is 5.15. The average Bonchev–Trinajstić information content (AvgIpc) is 2.35. The van der Waals surface area contributed by atoms with Crippen LogP contribution in [-0.2, 0) is 0 Å². The Bertz CT molecular complexity index is 537. The van der Waals surface area contributed by atoms with E-state index in [0.29, 0.717) is 0 Å². The molecule has 0 saturated heterocycles. The Morgan fingerprint density at radius 2 is 1.78 bits per heavy atom. The van der Waals surface area contributed by atoms with Crippen molar-refractivity contribution in [3.05, 3.63) is 69.4 Å². The fourth-order valence-electron chi connectivity index (χ4n) is 2.02. The molecule has 0 bridgehead atoms. The summed E-state index contributed by atoms with van der Waals surface area (Å²) in [5.74, 6) is -0.212. The summed E-state index contributed by atoms with van der Waals surface area (Å²) in [7, 11) is 1.90. The fraction of sp³-hybridized carbons (Fsp3) is 0.200. The number of aryl methyl sites for hydroxylation is 1. The highest BCUT2D eigenvalue weighted by atomic mass is 79.9. The van der Waals surface area contributed by atoms with Crippen LogP contribution in [-0.4, -0.2) is 7.05 Å². The Morgan fingerprint density at radius 3 is 2.33 bits per heavy atom. The van der Waals surface area contributed by atoms with E-state index in [-0.39, 0.29) is 11.9 Å². The smallest absolute Gasteiger partial charge is 0.123 e. The van der Waals surface area contributed by atoms with E-state index in [9.17, 15) is 4.39 Å². The van der Waals surface area contributed by atoms with Crippen molar-refractivity contribution in [2.24, 2.45) is 0 Å². The quantitative estimate of drug-likeness (QED) is 0.896. The van der Waals surface area contributed by atoms with Crippen molar-refractivity contribution in [1.29, 1.82) is 0 Å². The second kappa shape index (κ2) is 5.63. The molecule has 0 spiro atoms. The summed E-state index contributed by atoms with van der Waals surface area (Å²) in [5, 5.41) is 3.26. The molecule has 94 valence electrons. The molecule has 1 atom stereocenters. The molecule has 3 heteroatoms. The molecular formula is C15H15BrFN. The van der Waals surface area contributed by atoms with Crippen molar-refractivity contribution >= 4 is 15.9 Å². The first kappa shape index (κ1) is 13.2. The van der Waals surface area contributed by atoms with E-state index in [4.69, 9.17) is 0 Å². The monoisotopic (exact) mass is 307 g/mol. The molecule has 2 aromatic rings. The molecule has 0 aliphatic heterocycles. The van der Waals surface area contributed by atoms with Gasteiger partial charge in [-0.05, 0) is 48.9 Å². The summed E-state index contributed by atoms with van der Waals surface area (Å²) >= 11 is 3.59. The zero-order chi connectivity index (χ0) is 13.1. The number of halogens is 2. The molecule has 2 aromatic carbocycles. The van der Waals surface area contributed by atoms with E-state index in [1.54, 1.807) is 0 Å². The molecule has 1 nitrogen and oxygen atoms in total. The Labute approximate surface area is 115 Å². The maximum atomic E-state index is 13.0. The van der Waals surface area contributed by atoms with Gasteiger partial charge in [-0.1, -0.05) is 40.2 Å². The van der Waals surface area contributed by atoms with E-state index in [1.165, 1.54) is 17.7 Å². The molecule has 0 heterocycles. The summed E-state index contributed by atoms with van der Waals surface area (Å²) in [6.45, 7) is 2.06. The van der Waals surface area contributed by atoms with E-state index in [0.717, 1.165) is 15.6 Å². The molecule has 0 aliphatic carbocycles. The van der Waals surface area contributed by atoms with Gasteiger partial charge in [0.1, 0.15) is 5.82 Å². The summed E-state index contributed by atoms with van der Waals surface area (Å²) in [6, 6.07) is 12.9. The molecule has 0 radical (unpaired) electrons. The molecule has 0 fully saturated rings. The minimum absolute atomic E-state index is 0.0561. The number of rotatable bonds is 3. The van der Waals surface area contributed by atoms with Gasteiger partial charge in [-0.2, -0.15) is 0 Å². The Balaban J connectivity index is 2.41. The lowest BCUT2D eigenvalue weighted by atomic mass is 9.98. The van der Waals surface area contributed by atoms with Crippen LogP contribution in [0.1, 0.15) is 22.7 Å². The van der Waals surface area contributed by atoms with Crippen LogP contribution in [0.4, 0.5) is 4.39 Å². The average molecular weight is 308 g/mol. The number of nitrogens with one attached hydrogen (secondary N) is 1. The maximum absolute atomic E-state index is 13.0. The molecule has 0 saturated carbocycles. The zero-order valence-electron chi connectivity index (χ0n) is 10.4. The molecule has 2 rings (SSSR count). The van der Waals surface area contributed by atoms with Gasteiger partial charge in [-0.3, -0.25) is 0 Å². The molecular weight excluding hydrogens is 293 g/mol. The SMILES string of the molecule is CNC(c1ccc(F)cc1)c1ccc(C)cc1Br. The van der Waals surface area contributed by atoms with E-state index in [1.807, 2.05) is 19.2 Å². The van der Waals surface area contributed by atoms with E-state index in [2.05, 4.69) is 46.4 Å². The minimum Gasteiger partial charge on any atom is -0.309 e. The predicted octanol–water partition coefficient (Wildman–Crippen LogP) is 4.21. The van der Waals surface area contributed by atoms with Gasteiger partial charge in [0.2, 0.25) is 0 Å². The van der Waals surface area contributed by atoms with Crippen LogP contribution in [0.15, 0.2) is 46.9 Å². The standard InChI is InChI=1S/C15H15BrFN/c1-10-3-8-13(14(16)9-10)15(18-2)11-4-6-12(17)7-5-11/h3-9,15,18H,1-2H3. The molecule has 0 aliphatic rings. The first-order chi connectivity index (χ1) is 8.61. The van der Waals surface area contributed by atoms with Gasteiger partial charge < -0.3 is 5.32 Å². The Morgan fingerprint density at radius 1 is 1.11 bits per heavy atom. The van der Waals surface area contributed by atoms with Crippen LogP contribution in [0.3, 0.4) is 0 Å². The van der Waals surface area contributed by atoms with Crippen molar-refractivity contribution in [2.75, 3.05) is 7.05 Å². The van der Waals surface area contributed by atoms with Crippen molar-refractivity contribution in [3.8, 4) is 0 Å². The number of hydrogen-bond donors (Lipinski definition) is 1. The molecule has 1 unspecified atom stereocenters. The van der Waals surface area contributed by atoms with E-state index >= 15 is 0 Å². The first-order valence-electron chi connectivity index (χ1n) is 5.80. The van der Waals surface area contributed by atoms with Crippen molar-refractivity contribution < 1.29 is 4.39 Å². The largest absolute Gasteiger partial charge is 0.309 e. The Hall–Kier alpha value is -1.19. The molecule has 18 heavy (non-hydrogen) atoms. The highest BCUT2D eigenvalue weighted by molar-refractivity contribution is 9.10. The second-order valence-electron chi connectivity index (χ2n) is 4.30. The van der Waals surface area contributed by atoms with Crippen molar-refractivity contribution in [2.45, 2.75) is 13.0 Å². The summed E-state index contributed by atoms with van der Waals surface area (Å²) in [6.07, 6.45) is 0. The summed E-state index contributed by atoms with van der Waals surface area (Å²) in [4.78, 5) is 0. The van der Waals surface area contributed by atoms with Gasteiger partial charge in [-0.15, -0.1) is 0 Å². The number of hydrogen-bond acceptors (Lipinski definition) is 1. The lowest BCUT2D eigenvalue weighted by molar-refractivity contribution is 0.623. The van der Waals surface area contributed by atoms with Crippen LogP contribution in [0.5, 0.6) is 0 Å². The predicted molar refractivity (Wildman–Crippen MR) is 76.2 cm³/mol. The molecule has 0 amide bonds. The van der Waals surface area contributed by atoms with E-state index < -0.39 is 0 Å². The van der Waals surface area contributed by atoms with Gasteiger partial charge in [0.05, 0.1) is 6.04 Å². The van der Waals surface area contributed by atoms with Crippen LogP contribution in [0, 0.1) is 12.7 Å². The molecule has 1 N–H and O–H groups in total. The summed E-state index contributed by atoms with van der Waals surface area (Å²) < 4.78 is 14.0. The van der Waals surface area contributed by atoms with Gasteiger partial charge in [0.25, 0.3) is 0 Å². The third kappa shape index (κ3) is 2.79. The van der Waals surface area contributed by atoms with Crippen LogP contribution < -0.4 is 5.32 Å². The maximum Gasteiger partial charge on any atom is 0.123 e. The third-order valence-corrected chi connectivity index (χ3v) is 3.65. The fourth-order valence-corrected chi connectivity index (χ4v) is 2.75. The lowest BCUT2D eigenvalue weighted by Crippen LogP contribution is -2.18. The van der Waals surface area contributed by atoms with Crippen LogP contribution in [0.2, 0.25) is 0 Å². The Kier molecular flexibility index (Phi) is 4.15. The highest BCUT2D eigenvalue weighted by Crippen LogP contribution is 2.29. The zero-order valence-corrected chi connectivity index (χ0v) is 12.0. The minimum atomic E-state index is -0.212. The third-order valence-electron chi connectivity index (χ3n) is 2.96. The topological polar surface area (TPSA) is 12.0 Å². The van der Waals surface area contributed by atoms with Gasteiger partial charge in [0.15, 0.2) is 0 Å². The van der Waals surface area contributed by atoms with Gasteiger partial charge in [-0.25, -0.2) is 4.39 Å². The normalized spacial score (nSPS) is 12.4. The van der Waals surface area contributed by atoms with Crippen LogP contribution >= 0.6 is 15.9 Å². The highest BCUT2D eigenvalue weighted by Gasteiger charge is 2.14. The van der Waals surface area contributed by atoms with Crippen molar-refractivity contribution in [3.63, 3.8) is 0 Å². The summed E-state index contributed by atoms with van der Waals surface area (Å²) in [5.41, 5.74) is 3.40. The van der Waals surface area contributed by atoms with Gasteiger partial charge >= 0.3 is 0 Å². The molecule has 0 aromatic heterocycles. The number of benzene rings is 2. The first-order valence-corrected chi connectivity index (χ1v) is 6.60. The lowest BCUT2D eigenvalue weighted by Gasteiger charge is -2.19. The van der Waals surface area contributed by atoms with Crippen LogP contribution in [0.25, 0.3) is 0 Å².